The lowest BCUT2D eigenvalue weighted by molar-refractivity contribution is -0.124. The molecule has 2 N–H and O–H groups in total. The maximum atomic E-state index is 11.6. The van der Waals surface area contributed by atoms with Crippen molar-refractivity contribution < 1.29 is 9.53 Å². The standard InChI is InChI=1S/C11H20N2O2/c14-11(9-4-7-15-8-9)13-6-3-10-2-1-5-12-10/h9-10,12H,1-8H2,(H,13,14)/t9?,10-/m1/s1. The summed E-state index contributed by atoms with van der Waals surface area (Å²) in [5, 5.41) is 6.42. The maximum absolute atomic E-state index is 11.6. The smallest absolute Gasteiger partial charge is 0.225 e. The van der Waals surface area contributed by atoms with Gasteiger partial charge in [0.05, 0.1) is 12.5 Å². The van der Waals surface area contributed by atoms with Crippen LogP contribution in [0.5, 0.6) is 0 Å². The summed E-state index contributed by atoms with van der Waals surface area (Å²) >= 11 is 0. The van der Waals surface area contributed by atoms with Gasteiger partial charge < -0.3 is 15.4 Å². The van der Waals surface area contributed by atoms with E-state index in [-0.39, 0.29) is 11.8 Å². The first kappa shape index (κ1) is 10.9. The van der Waals surface area contributed by atoms with E-state index in [4.69, 9.17) is 4.74 Å². The third-order valence-electron chi connectivity index (χ3n) is 3.25. The van der Waals surface area contributed by atoms with Crippen LogP contribution in [0, 0.1) is 5.92 Å². The number of nitrogens with one attached hydrogen (secondary N) is 2. The summed E-state index contributed by atoms with van der Waals surface area (Å²) in [6, 6.07) is 0.616. The van der Waals surface area contributed by atoms with E-state index in [9.17, 15) is 4.79 Å². The summed E-state index contributed by atoms with van der Waals surface area (Å²) in [6.45, 7) is 3.28. The van der Waals surface area contributed by atoms with E-state index in [2.05, 4.69) is 10.6 Å². The van der Waals surface area contributed by atoms with Crippen molar-refractivity contribution in [3.63, 3.8) is 0 Å². The second kappa shape index (κ2) is 5.47. The van der Waals surface area contributed by atoms with Crippen LogP contribution in [0.25, 0.3) is 0 Å². The molecule has 0 saturated carbocycles. The molecule has 2 rings (SSSR count). The number of carbonyl (C=O) groups excluding carboxylic acids is 1. The van der Waals surface area contributed by atoms with E-state index in [0.717, 1.165) is 32.5 Å². The average molecular weight is 212 g/mol. The van der Waals surface area contributed by atoms with Crippen LogP contribution < -0.4 is 10.6 Å². The summed E-state index contributed by atoms with van der Waals surface area (Å²) < 4.78 is 5.18. The minimum absolute atomic E-state index is 0.0986. The zero-order chi connectivity index (χ0) is 10.5. The molecule has 0 aromatic carbocycles. The Balaban J connectivity index is 1.58. The number of amides is 1. The van der Waals surface area contributed by atoms with Gasteiger partial charge in [-0.15, -0.1) is 0 Å². The van der Waals surface area contributed by atoms with Crippen molar-refractivity contribution in [1.82, 2.24) is 10.6 Å². The molecular weight excluding hydrogens is 192 g/mol. The van der Waals surface area contributed by atoms with Crippen LogP contribution in [-0.2, 0) is 9.53 Å². The normalized spacial score (nSPS) is 30.7. The molecule has 2 heterocycles. The lowest BCUT2D eigenvalue weighted by atomic mass is 10.1. The van der Waals surface area contributed by atoms with E-state index in [1.165, 1.54) is 12.8 Å². The molecule has 2 atom stereocenters. The predicted octanol–water partition coefficient (Wildman–Crippen LogP) is 0.281. The van der Waals surface area contributed by atoms with E-state index in [1.54, 1.807) is 0 Å². The Morgan fingerprint density at radius 1 is 1.47 bits per heavy atom. The van der Waals surface area contributed by atoms with Gasteiger partial charge in [-0.3, -0.25) is 4.79 Å². The monoisotopic (exact) mass is 212 g/mol. The van der Waals surface area contributed by atoms with E-state index < -0.39 is 0 Å². The Morgan fingerprint density at radius 2 is 2.40 bits per heavy atom. The van der Waals surface area contributed by atoms with Crippen LogP contribution in [0.3, 0.4) is 0 Å². The van der Waals surface area contributed by atoms with Gasteiger partial charge in [0.2, 0.25) is 5.91 Å². The van der Waals surface area contributed by atoms with Crippen LogP contribution in [0.15, 0.2) is 0 Å². The largest absolute Gasteiger partial charge is 0.381 e. The van der Waals surface area contributed by atoms with Crippen molar-refractivity contribution in [3.8, 4) is 0 Å². The van der Waals surface area contributed by atoms with Crippen molar-refractivity contribution in [2.24, 2.45) is 5.92 Å². The van der Waals surface area contributed by atoms with Crippen molar-refractivity contribution >= 4 is 5.91 Å². The van der Waals surface area contributed by atoms with Crippen LogP contribution in [0.2, 0.25) is 0 Å². The Hall–Kier alpha value is -0.610. The zero-order valence-electron chi connectivity index (χ0n) is 9.13. The molecule has 4 heteroatoms. The molecule has 0 aromatic rings. The Bertz CT molecular complexity index is 209. The van der Waals surface area contributed by atoms with E-state index in [0.29, 0.717) is 12.6 Å². The molecular formula is C11H20N2O2. The van der Waals surface area contributed by atoms with Crippen molar-refractivity contribution in [1.29, 1.82) is 0 Å². The topological polar surface area (TPSA) is 50.4 Å². The van der Waals surface area contributed by atoms with Gasteiger partial charge in [0.1, 0.15) is 0 Å². The number of ether oxygens (including phenoxy) is 1. The molecule has 2 aliphatic heterocycles. The zero-order valence-corrected chi connectivity index (χ0v) is 9.13. The second-order valence-electron chi connectivity index (χ2n) is 4.43. The molecule has 4 nitrogen and oxygen atoms in total. The molecule has 2 fully saturated rings. The maximum Gasteiger partial charge on any atom is 0.225 e. The number of carbonyl (C=O) groups is 1. The first-order chi connectivity index (χ1) is 7.36. The molecule has 0 aliphatic carbocycles. The van der Waals surface area contributed by atoms with Gasteiger partial charge in [0.15, 0.2) is 0 Å². The van der Waals surface area contributed by atoms with Crippen molar-refractivity contribution in [3.05, 3.63) is 0 Å². The lowest BCUT2D eigenvalue weighted by Crippen LogP contribution is -2.34. The van der Waals surface area contributed by atoms with Gasteiger partial charge in [0.25, 0.3) is 0 Å². The van der Waals surface area contributed by atoms with Gasteiger partial charge >= 0.3 is 0 Å². The highest BCUT2D eigenvalue weighted by molar-refractivity contribution is 5.78. The minimum atomic E-state index is 0.0986. The van der Waals surface area contributed by atoms with Gasteiger partial charge in [-0.2, -0.15) is 0 Å². The quantitative estimate of drug-likeness (QED) is 0.704. The Labute approximate surface area is 90.8 Å². The van der Waals surface area contributed by atoms with Gasteiger partial charge in [0, 0.05) is 19.2 Å². The van der Waals surface area contributed by atoms with Crippen molar-refractivity contribution in [2.45, 2.75) is 31.7 Å². The van der Waals surface area contributed by atoms with Gasteiger partial charge in [-0.05, 0) is 32.2 Å². The fourth-order valence-electron chi connectivity index (χ4n) is 2.26. The minimum Gasteiger partial charge on any atom is -0.381 e. The van der Waals surface area contributed by atoms with Crippen LogP contribution in [0.1, 0.15) is 25.7 Å². The SMILES string of the molecule is O=C(NCC[C@H]1CCCN1)C1CCOC1. The molecule has 0 spiro atoms. The van der Waals surface area contributed by atoms with Crippen LogP contribution in [-0.4, -0.2) is 38.3 Å². The third-order valence-corrected chi connectivity index (χ3v) is 3.25. The van der Waals surface area contributed by atoms with E-state index in [1.807, 2.05) is 0 Å². The summed E-state index contributed by atoms with van der Waals surface area (Å²) in [5.74, 6) is 0.270. The molecule has 1 unspecified atom stereocenters. The van der Waals surface area contributed by atoms with Gasteiger partial charge in [-0.1, -0.05) is 0 Å². The highest BCUT2D eigenvalue weighted by Gasteiger charge is 2.23. The first-order valence-corrected chi connectivity index (χ1v) is 5.95. The second-order valence-corrected chi connectivity index (χ2v) is 4.43. The Morgan fingerprint density at radius 3 is 3.07 bits per heavy atom. The van der Waals surface area contributed by atoms with Crippen LogP contribution >= 0.6 is 0 Å². The lowest BCUT2D eigenvalue weighted by Gasteiger charge is -2.12. The Kier molecular flexibility index (Phi) is 3.97. The number of rotatable bonds is 4. The highest BCUT2D eigenvalue weighted by atomic mass is 16.5. The fourth-order valence-corrected chi connectivity index (χ4v) is 2.26. The average Bonchev–Trinajstić information content (AvgIpc) is 2.90. The first-order valence-electron chi connectivity index (χ1n) is 5.95. The molecule has 2 aliphatic rings. The summed E-state index contributed by atoms with van der Waals surface area (Å²) in [7, 11) is 0. The third kappa shape index (κ3) is 3.18. The molecule has 2 saturated heterocycles. The number of hydrogen-bond acceptors (Lipinski definition) is 3. The van der Waals surface area contributed by atoms with Crippen molar-refractivity contribution in [2.75, 3.05) is 26.3 Å². The fraction of sp³-hybridized carbons (Fsp3) is 0.909. The summed E-state index contributed by atoms with van der Waals surface area (Å²) in [5.41, 5.74) is 0. The molecule has 0 radical (unpaired) electrons. The van der Waals surface area contributed by atoms with E-state index >= 15 is 0 Å². The van der Waals surface area contributed by atoms with Crippen LogP contribution in [0.4, 0.5) is 0 Å². The summed E-state index contributed by atoms with van der Waals surface area (Å²) in [4.78, 5) is 11.6. The summed E-state index contributed by atoms with van der Waals surface area (Å²) in [6.07, 6.45) is 4.46. The molecule has 86 valence electrons. The number of hydrogen-bond donors (Lipinski definition) is 2. The highest BCUT2D eigenvalue weighted by Crippen LogP contribution is 2.12. The molecule has 0 bridgehead atoms. The predicted molar refractivity (Wildman–Crippen MR) is 57.6 cm³/mol. The molecule has 0 aromatic heterocycles. The molecule has 15 heavy (non-hydrogen) atoms. The van der Waals surface area contributed by atoms with Gasteiger partial charge in [-0.25, -0.2) is 0 Å². The molecule has 1 amide bonds.